The standard InChI is InChI=1S/C21H21FN8.C2H6.H2/c1-4-19-25-10-16(22)20(27-19)26-15-7-14-11-30(6-5-17(14)24-9-15)21-13(3)12(2)18(8-23)28-29-21;1-2;/h7,9-10H,4-6,11H2,1-3H3,(H,25,26,27);1-2H3;1H. The summed E-state index contributed by atoms with van der Waals surface area (Å²) in [6, 6.07) is 4.03. The van der Waals surface area contributed by atoms with Crippen LogP contribution in [0.2, 0.25) is 0 Å². The Morgan fingerprint density at radius 3 is 2.69 bits per heavy atom. The molecule has 1 aliphatic rings. The summed E-state index contributed by atoms with van der Waals surface area (Å²) in [4.78, 5) is 14.9. The number of pyridine rings is 1. The van der Waals surface area contributed by atoms with Crippen molar-refractivity contribution in [1.82, 2.24) is 25.1 Å². The third kappa shape index (κ3) is 4.64. The predicted octanol–water partition coefficient (Wildman–Crippen LogP) is 4.43. The van der Waals surface area contributed by atoms with Crippen LogP contribution in [-0.4, -0.2) is 31.7 Å². The molecule has 0 fully saturated rings. The van der Waals surface area contributed by atoms with E-state index >= 15 is 0 Å². The maximum absolute atomic E-state index is 14.1. The quantitative estimate of drug-likeness (QED) is 0.641. The lowest BCUT2D eigenvalue weighted by molar-refractivity contribution is 0.614. The first kappa shape index (κ1) is 23.0. The monoisotopic (exact) mass is 436 g/mol. The largest absolute Gasteiger partial charge is 0.350 e. The Balaban J connectivity index is 0.00000125. The number of nitrogens with one attached hydrogen (secondary N) is 1. The third-order valence-corrected chi connectivity index (χ3v) is 5.32. The van der Waals surface area contributed by atoms with Gasteiger partial charge in [0.2, 0.25) is 0 Å². The van der Waals surface area contributed by atoms with E-state index in [2.05, 4.69) is 41.4 Å². The van der Waals surface area contributed by atoms with Gasteiger partial charge in [0.25, 0.3) is 0 Å². The number of halogens is 1. The van der Waals surface area contributed by atoms with Crippen molar-refractivity contribution < 1.29 is 5.82 Å². The average Bonchev–Trinajstić information content (AvgIpc) is 2.83. The van der Waals surface area contributed by atoms with Crippen molar-refractivity contribution in [2.24, 2.45) is 0 Å². The summed E-state index contributed by atoms with van der Waals surface area (Å²) in [5, 5.41) is 20.5. The van der Waals surface area contributed by atoms with Gasteiger partial charge in [0.05, 0.1) is 18.1 Å². The van der Waals surface area contributed by atoms with E-state index in [0.29, 0.717) is 30.2 Å². The Morgan fingerprint density at radius 2 is 1.97 bits per heavy atom. The van der Waals surface area contributed by atoms with Gasteiger partial charge in [-0.2, -0.15) is 5.26 Å². The molecule has 3 aromatic heterocycles. The second kappa shape index (κ2) is 10.1. The third-order valence-electron chi connectivity index (χ3n) is 5.32. The van der Waals surface area contributed by atoms with Crippen LogP contribution in [0.5, 0.6) is 0 Å². The molecule has 3 aromatic rings. The van der Waals surface area contributed by atoms with Crippen molar-refractivity contribution in [1.29, 1.82) is 5.26 Å². The molecule has 4 rings (SSSR count). The predicted molar refractivity (Wildman–Crippen MR) is 123 cm³/mol. The summed E-state index contributed by atoms with van der Waals surface area (Å²) >= 11 is 0. The zero-order chi connectivity index (χ0) is 23.3. The summed E-state index contributed by atoms with van der Waals surface area (Å²) in [5.74, 6) is 0.970. The molecule has 0 unspecified atom stereocenters. The molecule has 1 N–H and O–H groups in total. The molecular formula is C23H29FN8. The van der Waals surface area contributed by atoms with Gasteiger partial charge in [0.1, 0.15) is 11.9 Å². The number of nitriles is 1. The van der Waals surface area contributed by atoms with Crippen LogP contribution in [0, 0.1) is 31.0 Å². The Bertz CT molecular complexity index is 1160. The van der Waals surface area contributed by atoms with Crippen molar-refractivity contribution in [3.63, 3.8) is 0 Å². The minimum Gasteiger partial charge on any atom is -0.350 e. The SMILES string of the molecule is CC.CCc1ncc(F)c(Nc2cnc3c(c2)CN(c2nnc(C#N)c(C)c2C)CC3)n1.[HH]. The Morgan fingerprint density at radius 1 is 1.19 bits per heavy atom. The molecule has 0 bridgehead atoms. The molecule has 0 aliphatic carbocycles. The number of hydrogen-bond acceptors (Lipinski definition) is 8. The molecule has 168 valence electrons. The van der Waals surface area contributed by atoms with Crippen molar-refractivity contribution in [3.05, 3.63) is 58.2 Å². The van der Waals surface area contributed by atoms with E-state index in [9.17, 15) is 4.39 Å². The van der Waals surface area contributed by atoms with E-state index < -0.39 is 5.82 Å². The van der Waals surface area contributed by atoms with E-state index in [0.717, 1.165) is 41.2 Å². The first-order valence-electron chi connectivity index (χ1n) is 10.7. The Labute approximate surface area is 189 Å². The second-order valence-corrected chi connectivity index (χ2v) is 7.20. The van der Waals surface area contributed by atoms with Crippen LogP contribution in [0.1, 0.15) is 56.1 Å². The number of nitrogens with zero attached hydrogens (tertiary/aromatic N) is 7. The van der Waals surface area contributed by atoms with E-state index in [4.69, 9.17) is 5.26 Å². The fraction of sp³-hybridized carbons (Fsp3) is 0.391. The molecule has 1 aliphatic heterocycles. The first-order chi connectivity index (χ1) is 15.5. The molecule has 32 heavy (non-hydrogen) atoms. The summed E-state index contributed by atoms with van der Waals surface area (Å²) in [6.07, 6.45) is 4.25. The fourth-order valence-corrected chi connectivity index (χ4v) is 3.47. The zero-order valence-corrected chi connectivity index (χ0v) is 19.1. The summed E-state index contributed by atoms with van der Waals surface area (Å²) < 4.78 is 14.1. The lowest BCUT2D eigenvalue weighted by Gasteiger charge is -2.30. The minimum atomic E-state index is -0.509. The number of aromatic nitrogens is 5. The maximum atomic E-state index is 14.1. The summed E-state index contributed by atoms with van der Waals surface area (Å²) in [6.45, 7) is 11.1. The first-order valence-corrected chi connectivity index (χ1v) is 10.7. The molecular weight excluding hydrogens is 407 g/mol. The highest BCUT2D eigenvalue weighted by molar-refractivity contribution is 5.59. The maximum Gasteiger partial charge on any atom is 0.184 e. The average molecular weight is 437 g/mol. The van der Waals surface area contributed by atoms with Gasteiger partial charge in [0, 0.05) is 33.1 Å². The van der Waals surface area contributed by atoms with Gasteiger partial charge >= 0.3 is 0 Å². The van der Waals surface area contributed by atoms with Crippen LogP contribution in [0.4, 0.5) is 21.7 Å². The highest BCUT2D eigenvalue weighted by Gasteiger charge is 2.22. The molecule has 0 amide bonds. The van der Waals surface area contributed by atoms with Crippen LogP contribution in [0.15, 0.2) is 18.5 Å². The minimum absolute atomic E-state index is 0. The van der Waals surface area contributed by atoms with Gasteiger partial charge in [0.15, 0.2) is 23.1 Å². The molecule has 0 saturated carbocycles. The molecule has 4 heterocycles. The molecule has 9 heteroatoms. The zero-order valence-electron chi connectivity index (χ0n) is 19.1. The molecule has 0 atom stereocenters. The molecule has 0 spiro atoms. The number of hydrogen-bond donors (Lipinski definition) is 1. The fourth-order valence-electron chi connectivity index (χ4n) is 3.47. The molecule has 0 saturated heterocycles. The van der Waals surface area contributed by atoms with Crippen LogP contribution in [0.25, 0.3) is 0 Å². The van der Waals surface area contributed by atoms with Gasteiger partial charge in [-0.1, -0.05) is 20.8 Å². The Kier molecular flexibility index (Phi) is 7.25. The summed E-state index contributed by atoms with van der Waals surface area (Å²) in [7, 11) is 0. The van der Waals surface area contributed by atoms with Crippen LogP contribution >= 0.6 is 0 Å². The topological polar surface area (TPSA) is 104 Å². The van der Waals surface area contributed by atoms with Crippen molar-refractivity contribution in [3.8, 4) is 6.07 Å². The highest BCUT2D eigenvalue weighted by atomic mass is 19.1. The van der Waals surface area contributed by atoms with Crippen molar-refractivity contribution >= 4 is 17.3 Å². The van der Waals surface area contributed by atoms with Crippen molar-refractivity contribution in [2.75, 3.05) is 16.8 Å². The highest BCUT2D eigenvalue weighted by Crippen LogP contribution is 2.28. The number of anilines is 3. The van der Waals surface area contributed by atoms with E-state index in [1.54, 1.807) is 6.20 Å². The normalized spacial score (nSPS) is 12.3. The molecule has 8 nitrogen and oxygen atoms in total. The van der Waals surface area contributed by atoms with Gasteiger partial charge in [-0.05, 0) is 36.6 Å². The van der Waals surface area contributed by atoms with E-state index in [-0.39, 0.29) is 7.24 Å². The van der Waals surface area contributed by atoms with E-state index in [1.807, 2.05) is 40.7 Å². The molecule has 0 aromatic carbocycles. The van der Waals surface area contributed by atoms with Crippen LogP contribution in [0.3, 0.4) is 0 Å². The smallest absolute Gasteiger partial charge is 0.184 e. The summed E-state index contributed by atoms with van der Waals surface area (Å²) in [5.41, 5.74) is 4.83. The number of fused-ring (bicyclic) bond motifs is 1. The van der Waals surface area contributed by atoms with Gasteiger partial charge in [-0.25, -0.2) is 14.4 Å². The lowest BCUT2D eigenvalue weighted by atomic mass is 10.0. The molecule has 0 radical (unpaired) electrons. The van der Waals surface area contributed by atoms with Crippen LogP contribution in [-0.2, 0) is 19.4 Å². The van der Waals surface area contributed by atoms with Gasteiger partial charge in [-0.3, -0.25) is 4.98 Å². The van der Waals surface area contributed by atoms with Gasteiger partial charge in [-0.15, -0.1) is 10.2 Å². The lowest BCUT2D eigenvalue weighted by Crippen LogP contribution is -2.32. The van der Waals surface area contributed by atoms with Crippen molar-refractivity contribution in [2.45, 2.75) is 54.0 Å². The second-order valence-electron chi connectivity index (χ2n) is 7.20. The van der Waals surface area contributed by atoms with E-state index in [1.165, 1.54) is 6.20 Å². The van der Waals surface area contributed by atoms with Crippen LogP contribution < -0.4 is 10.2 Å². The number of aryl methyl sites for hydroxylation is 1. The Hall–Kier alpha value is -3.67. The van der Waals surface area contributed by atoms with Gasteiger partial charge < -0.3 is 10.2 Å². The number of rotatable bonds is 4.